The number of ether oxygens (including phenoxy) is 2. The molecule has 2 aromatic rings. The maximum absolute atomic E-state index is 6.42. The van der Waals surface area contributed by atoms with Crippen LogP contribution in [0.5, 0.6) is 5.75 Å². The Bertz CT molecular complexity index is 671. The van der Waals surface area contributed by atoms with Gasteiger partial charge in [0.25, 0.3) is 0 Å². The summed E-state index contributed by atoms with van der Waals surface area (Å²) in [7, 11) is 0. The zero-order valence-corrected chi connectivity index (χ0v) is 17.1. The summed E-state index contributed by atoms with van der Waals surface area (Å²) in [4.78, 5) is 0. The van der Waals surface area contributed by atoms with Gasteiger partial charge in [-0.15, -0.1) is 0 Å². The van der Waals surface area contributed by atoms with Gasteiger partial charge in [0.05, 0.1) is 6.61 Å². The van der Waals surface area contributed by atoms with Crippen molar-refractivity contribution >= 4 is 0 Å². The van der Waals surface area contributed by atoms with Crippen LogP contribution >= 0.6 is 0 Å². The van der Waals surface area contributed by atoms with Crippen LogP contribution in [-0.4, -0.2) is 6.29 Å². The topological polar surface area (TPSA) is 18.5 Å². The van der Waals surface area contributed by atoms with E-state index in [1.165, 1.54) is 30.4 Å². The van der Waals surface area contributed by atoms with Crippen LogP contribution in [0.25, 0.3) is 0 Å². The first-order valence-electron chi connectivity index (χ1n) is 10.5. The predicted molar refractivity (Wildman–Crippen MR) is 112 cm³/mol. The number of benzene rings is 2. The molecule has 0 bridgehead atoms. The van der Waals surface area contributed by atoms with Crippen molar-refractivity contribution < 1.29 is 9.47 Å². The van der Waals surface area contributed by atoms with Crippen LogP contribution in [0, 0.1) is 5.41 Å². The average Bonchev–Trinajstić information content (AvgIpc) is 2.72. The van der Waals surface area contributed by atoms with Crippen LogP contribution in [0.15, 0.2) is 54.6 Å². The number of hydrogen-bond acceptors (Lipinski definition) is 2. The molecule has 0 amide bonds. The second-order valence-electron chi connectivity index (χ2n) is 8.34. The second kappa shape index (κ2) is 9.41. The van der Waals surface area contributed by atoms with E-state index >= 15 is 0 Å². The molecule has 2 unspecified atom stereocenters. The molecular weight excluding hydrogens is 332 g/mol. The molecule has 0 aliphatic heterocycles. The van der Waals surface area contributed by atoms with Crippen molar-refractivity contribution in [2.45, 2.75) is 78.1 Å². The Hall–Kier alpha value is -1.80. The highest BCUT2D eigenvalue weighted by Crippen LogP contribution is 2.41. The lowest BCUT2D eigenvalue weighted by Crippen LogP contribution is -2.40. The first kappa shape index (κ1) is 19.9. The second-order valence-corrected chi connectivity index (χ2v) is 8.34. The van der Waals surface area contributed by atoms with Crippen LogP contribution in [0.2, 0.25) is 0 Å². The Balaban J connectivity index is 1.72. The third-order valence-electron chi connectivity index (χ3n) is 6.11. The van der Waals surface area contributed by atoms with E-state index in [0.717, 1.165) is 25.0 Å². The summed E-state index contributed by atoms with van der Waals surface area (Å²) < 4.78 is 12.8. The minimum atomic E-state index is -0.215. The van der Waals surface area contributed by atoms with Crippen LogP contribution in [0.1, 0.15) is 76.3 Å². The van der Waals surface area contributed by atoms with Crippen molar-refractivity contribution in [2.75, 3.05) is 0 Å². The molecular formula is C25H34O2. The lowest BCUT2D eigenvalue weighted by atomic mass is 9.75. The summed E-state index contributed by atoms with van der Waals surface area (Å²) in [6.07, 6.45) is 7.11. The molecule has 1 saturated carbocycles. The lowest BCUT2D eigenvalue weighted by molar-refractivity contribution is -0.169. The molecule has 1 aliphatic carbocycles. The Morgan fingerprint density at radius 3 is 2.22 bits per heavy atom. The monoisotopic (exact) mass is 366 g/mol. The molecule has 146 valence electrons. The van der Waals surface area contributed by atoms with Gasteiger partial charge in [-0.2, -0.15) is 0 Å². The summed E-state index contributed by atoms with van der Waals surface area (Å²) in [6, 6.07) is 19.0. The molecule has 1 fully saturated rings. The van der Waals surface area contributed by atoms with Gasteiger partial charge in [0.2, 0.25) is 6.29 Å². The summed E-state index contributed by atoms with van der Waals surface area (Å²) in [6.45, 7) is 7.42. The Kier molecular flexibility index (Phi) is 6.95. The number of hydrogen-bond donors (Lipinski definition) is 0. The molecule has 0 saturated heterocycles. The molecule has 0 radical (unpaired) electrons. The van der Waals surface area contributed by atoms with Gasteiger partial charge in [0, 0.05) is 5.41 Å². The molecule has 0 spiro atoms. The minimum Gasteiger partial charge on any atom is -0.464 e. The maximum atomic E-state index is 6.42. The highest BCUT2D eigenvalue weighted by Gasteiger charge is 2.38. The van der Waals surface area contributed by atoms with Crippen molar-refractivity contribution in [3.63, 3.8) is 0 Å². The van der Waals surface area contributed by atoms with Crippen LogP contribution in [0.4, 0.5) is 0 Å². The molecule has 2 aromatic carbocycles. The molecule has 0 aromatic heterocycles. The van der Waals surface area contributed by atoms with E-state index < -0.39 is 0 Å². The Morgan fingerprint density at radius 1 is 0.926 bits per heavy atom. The van der Waals surface area contributed by atoms with Crippen molar-refractivity contribution in [3.05, 3.63) is 65.7 Å². The van der Waals surface area contributed by atoms with E-state index in [2.05, 4.69) is 69.3 Å². The quantitative estimate of drug-likeness (QED) is 0.464. The van der Waals surface area contributed by atoms with E-state index in [4.69, 9.17) is 9.47 Å². The highest BCUT2D eigenvalue weighted by molar-refractivity contribution is 5.29. The van der Waals surface area contributed by atoms with E-state index in [-0.39, 0.29) is 11.7 Å². The zero-order chi connectivity index (χ0) is 19.1. The first-order chi connectivity index (χ1) is 13.1. The van der Waals surface area contributed by atoms with Gasteiger partial charge in [-0.1, -0.05) is 82.5 Å². The number of rotatable bonds is 8. The Morgan fingerprint density at radius 2 is 1.59 bits per heavy atom. The van der Waals surface area contributed by atoms with Gasteiger partial charge < -0.3 is 9.47 Å². The van der Waals surface area contributed by atoms with E-state index in [0.29, 0.717) is 12.5 Å². The predicted octanol–water partition coefficient (Wildman–Crippen LogP) is 7.09. The molecule has 0 N–H and O–H groups in total. The summed E-state index contributed by atoms with van der Waals surface area (Å²) in [5, 5.41) is 0. The SMILES string of the molecule is CCC(C)c1ccc(OC(OCc2ccccc2)C2(C)CCCCC2)cc1. The van der Waals surface area contributed by atoms with Gasteiger partial charge in [-0.05, 0) is 48.4 Å². The molecule has 2 heteroatoms. The van der Waals surface area contributed by atoms with Crippen LogP contribution in [0.3, 0.4) is 0 Å². The molecule has 2 nitrogen and oxygen atoms in total. The summed E-state index contributed by atoms with van der Waals surface area (Å²) in [5.74, 6) is 1.49. The highest BCUT2D eigenvalue weighted by atomic mass is 16.7. The lowest BCUT2D eigenvalue weighted by Gasteiger charge is -2.40. The summed E-state index contributed by atoms with van der Waals surface area (Å²) >= 11 is 0. The van der Waals surface area contributed by atoms with Crippen molar-refractivity contribution in [1.29, 1.82) is 0 Å². The van der Waals surface area contributed by atoms with Crippen molar-refractivity contribution in [3.8, 4) is 5.75 Å². The fraction of sp³-hybridized carbons (Fsp3) is 0.520. The first-order valence-corrected chi connectivity index (χ1v) is 10.5. The minimum absolute atomic E-state index is 0.0718. The Labute approximate surface area is 164 Å². The van der Waals surface area contributed by atoms with Crippen LogP contribution in [-0.2, 0) is 11.3 Å². The van der Waals surface area contributed by atoms with E-state index in [1.54, 1.807) is 0 Å². The average molecular weight is 367 g/mol. The maximum Gasteiger partial charge on any atom is 0.205 e. The van der Waals surface area contributed by atoms with Gasteiger partial charge in [0.15, 0.2) is 0 Å². The zero-order valence-electron chi connectivity index (χ0n) is 17.1. The van der Waals surface area contributed by atoms with Gasteiger partial charge in [-0.3, -0.25) is 0 Å². The smallest absolute Gasteiger partial charge is 0.205 e. The van der Waals surface area contributed by atoms with Gasteiger partial charge >= 0.3 is 0 Å². The van der Waals surface area contributed by atoms with Crippen molar-refractivity contribution in [2.24, 2.45) is 5.41 Å². The molecule has 2 atom stereocenters. The fourth-order valence-corrected chi connectivity index (χ4v) is 3.95. The third kappa shape index (κ3) is 5.35. The van der Waals surface area contributed by atoms with E-state index in [1.807, 2.05) is 6.07 Å². The summed E-state index contributed by atoms with van der Waals surface area (Å²) in [5.41, 5.74) is 2.63. The normalized spacial score (nSPS) is 18.6. The van der Waals surface area contributed by atoms with Gasteiger partial charge in [0.1, 0.15) is 5.75 Å². The van der Waals surface area contributed by atoms with Gasteiger partial charge in [-0.25, -0.2) is 0 Å². The fourth-order valence-electron chi connectivity index (χ4n) is 3.95. The largest absolute Gasteiger partial charge is 0.464 e. The van der Waals surface area contributed by atoms with Crippen molar-refractivity contribution in [1.82, 2.24) is 0 Å². The molecule has 3 rings (SSSR count). The molecule has 1 aliphatic rings. The van der Waals surface area contributed by atoms with E-state index in [9.17, 15) is 0 Å². The molecule has 0 heterocycles. The standard InChI is InChI=1S/C25H34O2/c1-4-20(2)22-13-15-23(16-14-22)27-24(25(3)17-9-6-10-18-25)26-19-21-11-7-5-8-12-21/h5,7-8,11-16,20,24H,4,6,9-10,17-19H2,1-3H3. The van der Waals surface area contributed by atoms with Crippen LogP contribution < -0.4 is 4.74 Å². The third-order valence-corrected chi connectivity index (χ3v) is 6.11. The molecule has 27 heavy (non-hydrogen) atoms.